The Morgan fingerprint density at radius 3 is 2.15 bits per heavy atom. The number of hydrogen-bond acceptors (Lipinski definition) is 6. The maximum atomic E-state index is 15.0. The molecule has 0 aromatic heterocycles. The van der Waals surface area contributed by atoms with Crippen LogP contribution < -0.4 is 9.64 Å². The molecule has 3 aromatic carbocycles. The van der Waals surface area contributed by atoms with Crippen molar-refractivity contribution in [2.24, 2.45) is 11.8 Å². The van der Waals surface area contributed by atoms with Crippen molar-refractivity contribution in [2.75, 3.05) is 31.7 Å². The molecule has 0 aliphatic carbocycles. The fraction of sp³-hybridized carbons (Fsp3) is 0.342. The minimum atomic E-state index is -1.44. The van der Waals surface area contributed by atoms with Gasteiger partial charge in [-0.3, -0.25) is 14.4 Å². The van der Waals surface area contributed by atoms with Crippen LogP contribution in [0.15, 0.2) is 109 Å². The molecule has 2 saturated heterocycles. The predicted octanol–water partition coefficient (Wildman–Crippen LogP) is 3.77. The van der Waals surface area contributed by atoms with Crippen LogP contribution in [-0.2, 0) is 32.1 Å². The van der Waals surface area contributed by atoms with Gasteiger partial charge in [-0.2, -0.15) is 0 Å². The first-order chi connectivity index (χ1) is 22.8. The number of ether oxygens (including phenoxy) is 2. The normalized spacial score (nSPS) is 28.9. The first kappa shape index (κ1) is 30.9. The van der Waals surface area contributed by atoms with Gasteiger partial charge in [0.25, 0.3) is 5.91 Å². The van der Waals surface area contributed by atoms with Crippen LogP contribution in [0.5, 0.6) is 5.75 Å². The summed E-state index contributed by atoms with van der Waals surface area (Å²) in [5.41, 5.74) is -0.0371. The second-order valence-electron chi connectivity index (χ2n) is 12.9. The van der Waals surface area contributed by atoms with Gasteiger partial charge >= 0.3 is 0 Å². The van der Waals surface area contributed by atoms with E-state index in [0.717, 1.165) is 11.1 Å². The molecule has 47 heavy (non-hydrogen) atoms. The lowest BCUT2D eigenvalue weighted by Gasteiger charge is -2.40. The fourth-order valence-corrected chi connectivity index (χ4v) is 7.98. The number of aliphatic hydroxyl groups excluding tert-OH is 1. The van der Waals surface area contributed by atoms with Crippen molar-refractivity contribution in [3.8, 4) is 5.75 Å². The van der Waals surface area contributed by atoms with Crippen LogP contribution in [-0.4, -0.2) is 82.7 Å². The molecular weight excluding hydrogens is 594 g/mol. The Bertz CT molecular complexity index is 1710. The van der Waals surface area contributed by atoms with Gasteiger partial charge in [0.1, 0.15) is 17.4 Å². The molecule has 242 valence electrons. The lowest BCUT2D eigenvalue weighted by atomic mass is 9.74. The first-order valence-corrected chi connectivity index (χ1v) is 16.1. The summed E-state index contributed by atoms with van der Waals surface area (Å²) < 4.78 is 12.3. The van der Waals surface area contributed by atoms with E-state index in [0.29, 0.717) is 30.9 Å². The number of methoxy groups -OCH3 is 1. The molecule has 4 aliphatic heterocycles. The summed E-state index contributed by atoms with van der Waals surface area (Å²) in [4.78, 5) is 49.4. The number of hydrogen-bond donors (Lipinski definition) is 1. The Morgan fingerprint density at radius 2 is 1.49 bits per heavy atom. The predicted molar refractivity (Wildman–Crippen MR) is 176 cm³/mol. The van der Waals surface area contributed by atoms with Gasteiger partial charge in [0, 0.05) is 25.3 Å². The Labute approximate surface area is 274 Å². The number of nitrogens with zero attached hydrogens (tertiary/aromatic N) is 3. The van der Waals surface area contributed by atoms with Crippen molar-refractivity contribution in [1.29, 1.82) is 0 Å². The van der Waals surface area contributed by atoms with E-state index >= 15 is 0 Å². The third kappa shape index (κ3) is 5.14. The fourth-order valence-electron chi connectivity index (χ4n) is 7.98. The zero-order valence-corrected chi connectivity index (χ0v) is 26.6. The zero-order chi connectivity index (χ0) is 32.8. The summed E-state index contributed by atoms with van der Waals surface area (Å²) in [6.45, 7) is 2.48. The molecule has 4 aliphatic rings. The van der Waals surface area contributed by atoms with Crippen LogP contribution in [0, 0.1) is 11.8 Å². The molecule has 7 rings (SSSR count). The average molecular weight is 634 g/mol. The van der Waals surface area contributed by atoms with E-state index in [1.807, 2.05) is 104 Å². The van der Waals surface area contributed by atoms with Gasteiger partial charge in [0.2, 0.25) is 11.8 Å². The van der Waals surface area contributed by atoms with Gasteiger partial charge in [-0.1, -0.05) is 85.0 Å². The largest absolute Gasteiger partial charge is 0.497 e. The van der Waals surface area contributed by atoms with Gasteiger partial charge < -0.3 is 29.3 Å². The van der Waals surface area contributed by atoms with Gasteiger partial charge in [-0.05, 0) is 48.7 Å². The number of carbonyl (C=O) groups is 3. The van der Waals surface area contributed by atoms with Crippen LogP contribution in [0.1, 0.15) is 18.1 Å². The molecule has 9 nitrogen and oxygen atoms in total. The third-order valence-corrected chi connectivity index (χ3v) is 10.1. The molecule has 1 unspecified atom stereocenters. The molecule has 9 heteroatoms. The minimum Gasteiger partial charge on any atom is -0.497 e. The van der Waals surface area contributed by atoms with Gasteiger partial charge in [0.15, 0.2) is 0 Å². The van der Waals surface area contributed by atoms with Crippen molar-refractivity contribution in [2.45, 2.75) is 43.2 Å². The highest BCUT2D eigenvalue weighted by atomic mass is 16.5. The number of aliphatic hydroxyl groups is 1. The molecule has 3 aromatic rings. The van der Waals surface area contributed by atoms with Crippen LogP contribution in [0.3, 0.4) is 0 Å². The van der Waals surface area contributed by atoms with Crippen molar-refractivity contribution in [1.82, 2.24) is 9.80 Å². The molecule has 0 radical (unpaired) electrons. The molecule has 0 saturated carbocycles. The lowest BCUT2D eigenvalue weighted by Crippen LogP contribution is -2.59. The quantitative estimate of drug-likeness (QED) is 0.380. The molecular formula is C38H39N3O6. The van der Waals surface area contributed by atoms with E-state index in [4.69, 9.17) is 9.47 Å². The molecule has 1 spiro atoms. The van der Waals surface area contributed by atoms with E-state index in [1.54, 1.807) is 29.0 Å². The third-order valence-electron chi connectivity index (χ3n) is 10.1. The van der Waals surface area contributed by atoms with E-state index < -0.39 is 35.1 Å². The van der Waals surface area contributed by atoms with Crippen LogP contribution in [0.2, 0.25) is 0 Å². The van der Waals surface area contributed by atoms with Crippen molar-refractivity contribution < 1.29 is 29.0 Å². The summed E-state index contributed by atoms with van der Waals surface area (Å²) in [5.74, 6) is -2.10. The summed E-state index contributed by atoms with van der Waals surface area (Å²) in [6.07, 6.45) is 7.84. The standard InChI is InChI=1S/C38H39N3O6/c1-37-19-9-21-39(24-27-13-7-4-8-14-27)34(43)31(37)32-35(44)41(29(25-42)23-26-11-5-3-6-12-26)33-36(45)40(22-10-20-38(32,33)47-37)28-15-17-30(46-2)18-16-28/h3-20,29,31-33,42H,21-25H2,1-2H3/t29-,31+,32+,33?,37-,38+/m1/s1. The Hall–Kier alpha value is -4.73. The van der Waals surface area contributed by atoms with Crippen molar-refractivity contribution in [3.63, 3.8) is 0 Å². The van der Waals surface area contributed by atoms with Crippen LogP contribution in [0.4, 0.5) is 5.69 Å². The molecule has 1 N–H and O–H groups in total. The number of anilines is 1. The maximum Gasteiger partial charge on any atom is 0.253 e. The summed E-state index contributed by atoms with van der Waals surface area (Å²) in [6, 6.07) is 24.7. The monoisotopic (exact) mass is 633 g/mol. The van der Waals surface area contributed by atoms with Crippen LogP contribution >= 0.6 is 0 Å². The zero-order valence-electron chi connectivity index (χ0n) is 26.6. The van der Waals surface area contributed by atoms with Gasteiger partial charge in [-0.25, -0.2) is 0 Å². The van der Waals surface area contributed by atoms with E-state index in [1.165, 1.54) is 4.90 Å². The Kier molecular flexibility index (Phi) is 7.98. The summed E-state index contributed by atoms with van der Waals surface area (Å²) in [5, 5.41) is 10.8. The Morgan fingerprint density at radius 1 is 0.830 bits per heavy atom. The number of carbonyl (C=O) groups excluding carboxylic acids is 3. The topological polar surface area (TPSA) is 99.6 Å². The molecule has 4 heterocycles. The van der Waals surface area contributed by atoms with Gasteiger partial charge in [-0.15, -0.1) is 0 Å². The number of likely N-dealkylation sites (tertiary alicyclic amines) is 1. The highest BCUT2D eigenvalue weighted by Gasteiger charge is 2.75. The Balaban J connectivity index is 1.33. The highest BCUT2D eigenvalue weighted by molar-refractivity contribution is 6.06. The summed E-state index contributed by atoms with van der Waals surface area (Å²) in [7, 11) is 1.58. The van der Waals surface area contributed by atoms with Crippen molar-refractivity contribution in [3.05, 3.63) is 120 Å². The minimum absolute atomic E-state index is 0.196. The second-order valence-corrected chi connectivity index (χ2v) is 12.9. The first-order valence-electron chi connectivity index (χ1n) is 16.1. The molecule has 6 atom stereocenters. The van der Waals surface area contributed by atoms with E-state index in [-0.39, 0.29) is 30.9 Å². The second kappa shape index (κ2) is 12.1. The molecule has 2 fully saturated rings. The maximum absolute atomic E-state index is 15.0. The number of fused-ring (bicyclic) bond motifs is 2. The molecule has 3 amide bonds. The number of amides is 3. The van der Waals surface area contributed by atoms with E-state index in [2.05, 4.69) is 0 Å². The average Bonchev–Trinajstić information content (AvgIpc) is 3.37. The smallest absolute Gasteiger partial charge is 0.253 e. The summed E-state index contributed by atoms with van der Waals surface area (Å²) >= 11 is 0. The van der Waals surface area contributed by atoms with Crippen LogP contribution in [0.25, 0.3) is 0 Å². The lowest BCUT2D eigenvalue weighted by molar-refractivity contribution is -0.151. The number of benzene rings is 3. The molecule has 0 bridgehead atoms. The van der Waals surface area contributed by atoms with Gasteiger partial charge in [0.05, 0.1) is 37.2 Å². The van der Waals surface area contributed by atoms with E-state index in [9.17, 15) is 19.5 Å². The SMILES string of the molecule is COc1ccc(N2CC=C[C@]34O[C@]5(C)C=CCN(Cc6ccccc6)C(=O)[C@@H]5[C@H]3C(=O)N([C@@H](CO)Cc3ccccc3)C4C2=O)cc1. The van der Waals surface area contributed by atoms with Crippen molar-refractivity contribution >= 4 is 23.4 Å². The highest BCUT2D eigenvalue weighted by Crippen LogP contribution is 2.58. The number of rotatable bonds is 8.